The van der Waals surface area contributed by atoms with Crippen molar-refractivity contribution in [3.63, 3.8) is 0 Å². The van der Waals surface area contributed by atoms with Crippen LogP contribution in [0.15, 0.2) is 4.99 Å². The molecule has 0 N–H and O–H groups in total. The Labute approximate surface area is 98.6 Å². The van der Waals surface area contributed by atoms with Gasteiger partial charge in [0.25, 0.3) is 0 Å². The Kier molecular flexibility index (Phi) is 8.12. The predicted octanol–water partition coefficient (Wildman–Crippen LogP) is 3.53. The summed E-state index contributed by atoms with van der Waals surface area (Å²) in [4.78, 5) is 4.00. The zero-order valence-electron chi connectivity index (χ0n) is 9.21. The van der Waals surface area contributed by atoms with Crippen LogP contribution >= 0.6 is 0 Å². The quantitative estimate of drug-likeness (QED) is 0.425. The van der Waals surface area contributed by atoms with Gasteiger partial charge < -0.3 is 10.3 Å². The number of aliphatic imine (C=N–C) groups is 1. The van der Waals surface area contributed by atoms with Gasteiger partial charge in [-0.25, -0.2) is 0 Å². The first-order chi connectivity index (χ1) is 6.27. The monoisotopic (exact) mass is 267 g/mol. The normalized spacial score (nSPS) is 14.8. The molecule has 0 aliphatic rings. The van der Waals surface area contributed by atoms with Crippen LogP contribution in [0.4, 0.5) is 13.2 Å². The second kappa shape index (κ2) is 7.10. The molecule has 1 unspecified atom stereocenters. The van der Waals surface area contributed by atoms with Crippen LogP contribution in [0.1, 0.15) is 34.1 Å². The smallest absolute Gasteiger partial charge is 0.390 e. The first kappa shape index (κ1) is 17.2. The summed E-state index contributed by atoms with van der Waals surface area (Å²) in [6.45, 7) is 6.40. The van der Waals surface area contributed by atoms with Crippen molar-refractivity contribution in [1.82, 2.24) is 0 Å². The molecule has 0 radical (unpaired) electrons. The van der Waals surface area contributed by atoms with E-state index in [9.17, 15) is 13.2 Å². The molecular formula is C9H16F3N2Ni-. The molecule has 94 valence electrons. The first-order valence-electron chi connectivity index (χ1n) is 4.61. The Morgan fingerprint density at radius 1 is 1.27 bits per heavy atom. The van der Waals surface area contributed by atoms with E-state index in [0.29, 0.717) is 6.42 Å². The number of hydrogen-bond donors (Lipinski definition) is 0. The van der Waals surface area contributed by atoms with E-state index in [2.05, 4.69) is 10.3 Å². The van der Waals surface area contributed by atoms with Crippen LogP contribution in [-0.4, -0.2) is 24.1 Å². The minimum Gasteiger partial charge on any atom is -0.466 e. The van der Waals surface area contributed by atoms with Crippen LogP contribution in [0.25, 0.3) is 5.32 Å². The fourth-order valence-corrected chi connectivity index (χ4v) is 0.811. The molecule has 6 heteroatoms. The topological polar surface area (TPSA) is 26.5 Å². The Hall–Kier alpha value is -0.246. The van der Waals surface area contributed by atoms with Gasteiger partial charge in [0.15, 0.2) is 0 Å². The summed E-state index contributed by atoms with van der Waals surface area (Å²) in [7, 11) is 0. The van der Waals surface area contributed by atoms with Gasteiger partial charge in [-0.3, -0.25) is 0 Å². The number of amidine groups is 1. The van der Waals surface area contributed by atoms with E-state index in [1.54, 1.807) is 6.92 Å². The van der Waals surface area contributed by atoms with Crippen molar-refractivity contribution in [2.45, 2.75) is 52.4 Å². The summed E-state index contributed by atoms with van der Waals surface area (Å²) in [5, 5.41) is 3.53. The molecule has 0 aliphatic carbocycles. The maximum Gasteiger partial charge on any atom is 0.390 e. The molecule has 0 rings (SSSR count). The Morgan fingerprint density at radius 2 is 1.73 bits per heavy atom. The summed E-state index contributed by atoms with van der Waals surface area (Å²) in [5.41, 5.74) is 0. The Morgan fingerprint density at radius 3 is 2.00 bits per heavy atom. The van der Waals surface area contributed by atoms with Crippen LogP contribution in [0, 0.1) is 0 Å². The zero-order valence-corrected chi connectivity index (χ0v) is 10.2. The van der Waals surface area contributed by atoms with Crippen molar-refractivity contribution in [3.05, 3.63) is 5.32 Å². The van der Waals surface area contributed by atoms with Gasteiger partial charge >= 0.3 is 6.18 Å². The largest absolute Gasteiger partial charge is 0.466 e. The standard InChI is InChI=1S/C9H16F3N2.Ni/c1-5-8(13-6(2)3)14-7(4)9(10,11)12;/h6-7H,5H2,1-4H3;/q-1;. The third-order valence-electron chi connectivity index (χ3n) is 1.54. The molecule has 15 heavy (non-hydrogen) atoms. The van der Waals surface area contributed by atoms with Gasteiger partial charge in [-0.15, -0.1) is 0 Å². The summed E-state index contributed by atoms with van der Waals surface area (Å²) in [5.74, 6) is 0.282. The molecule has 1 atom stereocenters. The van der Waals surface area contributed by atoms with E-state index >= 15 is 0 Å². The van der Waals surface area contributed by atoms with E-state index in [4.69, 9.17) is 0 Å². The molecule has 0 amide bonds. The summed E-state index contributed by atoms with van der Waals surface area (Å²) in [6, 6.07) is -1.69. The SMILES string of the molecule is CCC(=NC(C)C)[N-]C(C)C(F)(F)F.[Ni]. The molecule has 0 aromatic rings. The molecule has 0 aromatic carbocycles. The van der Waals surface area contributed by atoms with Crippen LogP contribution < -0.4 is 0 Å². The van der Waals surface area contributed by atoms with Crippen molar-refractivity contribution < 1.29 is 29.7 Å². The molecule has 2 nitrogen and oxygen atoms in total. The van der Waals surface area contributed by atoms with Crippen molar-refractivity contribution in [1.29, 1.82) is 0 Å². The number of alkyl halides is 3. The Balaban J connectivity index is 0. The van der Waals surface area contributed by atoms with Crippen molar-refractivity contribution in [3.8, 4) is 0 Å². The molecular weight excluding hydrogens is 252 g/mol. The molecule has 0 heterocycles. The Bertz CT molecular complexity index is 202. The van der Waals surface area contributed by atoms with Crippen LogP contribution in [0.2, 0.25) is 0 Å². The maximum absolute atomic E-state index is 12.1. The molecule has 0 bridgehead atoms. The van der Waals surface area contributed by atoms with Gasteiger partial charge in [-0.05, 0) is 12.5 Å². The van der Waals surface area contributed by atoms with Crippen molar-refractivity contribution in [2.75, 3.05) is 0 Å². The number of nitrogens with zero attached hydrogens (tertiary/aromatic N) is 2. The third-order valence-corrected chi connectivity index (χ3v) is 1.54. The molecule has 0 fully saturated rings. The zero-order chi connectivity index (χ0) is 11.4. The second-order valence-electron chi connectivity index (χ2n) is 3.34. The molecule has 0 spiro atoms. The minimum absolute atomic E-state index is 0. The van der Waals surface area contributed by atoms with Crippen LogP contribution in [-0.2, 0) is 16.5 Å². The number of hydrogen-bond acceptors (Lipinski definition) is 1. The molecule has 0 saturated carbocycles. The van der Waals surface area contributed by atoms with Crippen LogP contribution in [0.5, 0.6) is 0 Å². The molecule has 0 aliphatic heterocycles. The van der Waals surface area contributed by atoms with Gasteiger partial charge in [-0.2, -0.15) is 13.2 Å². The van der Waals surface area contributed by atoms with Gasteiger partial charge in [0.2, 0.25) is 0 Å². The van der Waals surface area contributed by atoms with E-state index < -0.39 is 12.2 Å². The van der Waals surface area contributed by atoms with E-state index in [1.807, 2.05) is 13.8 Å². The fraction of sp³-hybridized carbons (Fsp3) is 0.889. The van der Waals surface area contributed by atoms with E-state index in [1.165, 1.54) is 0 Å². The average Bonchev–Trinajstić information content (AvgIpc) is 2.00. The fourth-order valence-electron chi connectivity index (χ4n) is 0.811. The van der Waals surface area contributed by atoms with Gasteiger partial charge in [0.05, 0.1) is 6.04 Å². The van der Waals surface area contributed by atoms with E-state index in [-0.39, 0.29) is 28.4 Å². The minimum atomic E-state index is -4.27. The average molecular weight is 268 g/mol. The number of halogens is 3. The van der Waals surface area contributed by atoms with Gasteiger partial charge in [0.1, 0.15) is 0 Å². The third kappa shape index (κ3) is 7.66. The van der Waals surface area contributed by atoms with E-state index in [0.717, 1.165) is 6.92 Å². The van der Waals surface area contributed by atoms with Crippen molar-refractivity contribution >= 4 is 5.84 Å². The number of rotatable bonds is 3. The summed E-state index contributed by atoms with van der Waals surface area (Å²) >= 11 is 0. The van der Waals surface area contributed by atoms with Crippen molar-refractivity contribution in [2.24, 2.45) is 4.99 Å². The summed E-state index contributed by atoms with van der Waals surface area (Å²) < 4.78 is 36.4. The molecule has 0 aromatic heterocycles. The second-order valence-corrected chi connectivity index (χ2v) is 3.34. The predicted molar refractivity (Wildman–Crippen MR) is 51.7 cm³/mol. The first-order valence-corrected chi connectivity index (χ1v) is 4.61. The summed E-state index contributed by atoms with van der Waals surface area (Å²) in [6.07, 6.45) is -3.84. The molecule has 0 saturated heterocycles. The van der Waals surface area contributed by atoms with Gasteiger partial charge in [0, 0.05) is 16.5 Å². The maximum atomic E-state index is 12.1. The van der Waals surface area contributed by atoms with Crippen LogP contribution in [0.3, 0.4) is 0 Å². The van der Waals surface area contributed by atoms with Gasteiger partial charge in [-0.1, -0.05) is 33.5 Å².